The highest BCUT2D eigenvalue weighted by molar-refractivity contribution is 5.92. The molecule has 3 nitrogen and oxygen atoms in total. The zero-order valence-electron chi connectivity index (χ0n) is 16.2. The standard InChI is InChI=1S/C21H41NO2/c1-3-4-5-6-7-8-9-10-11-12-13-14-15-16-17-20(21(22)24)19(2)18-23/h17,19,23H,3-16,18H2,1-2H3,(H2,22,24)/t19-/m0/s1. The van der Waals surface area contributed by atoms with Crippen LogP contribution < -0.4 is 5.73 Å². The highest BCUT2D eigenvalue weighted by Crippen LogP contribution is 2.15. The molecule has 0 unspecified atom stereocenters. The number of carbonyl (C=O) groups excluding carboxylic acids is 1. The minimum Gasteiger partial charge on any atom is -0.396 e. The zero-order chi connectivity index (χ0) is 18.0. The molecule has 0 aromatic heterocycles. The lowest BCUT2D eigenvalue weighted by Gasteiger charge is -2.09. The highest BCUT2D eigenvalue weighted by atomic mass is 16.3. The summed E-state index contributed by atoms with van der Waals surface area (Å²) < 4.78 is 0. The molecule has 3 heteroatoms. The topological polar surface area (TPSA) is 63.3 Å². The van der Waals surface area contributed by atoms with E-state index >= 15 is 0 Å². The molecule has 0 saturated heterocycles. The van der Waals surface area contributed by atoms with Crippen LogP contribution in [0.5, 0.6) is 0 Å². The van der Waals surface area contributed by atoms with Crippen molar-refractivity contribution in [3.8, 4) is 0 Å². The first-order valence-corrected chi connectivity index (χ1v) is 10.2. The van der Waals surface area contributed by atoms with Crippen LogP contribution in [0.3, 0.4) is 0 Å². The Hall–Kier alpha value is -0.830. The van der Waals surface area contributed by atoms with Crippen molar-refractivity contribution in [3.63, 3.8) is 0 Å². The number of nitrogens with two attached hydrogens (primary N) is 1. The molecule has 0 aromatic rings. The lowest BCUT2D eigenvalue weighted by atomic mass is 9.99. The number of allylic oxidation sites excluding steroid dienone is 1. The van der Waals surface area contributed by atoms with E-state index in [1.165, 1.54) is 77.0 Å². The molecule has 0 fully saturated rings. The van der Waals surface area contributed by atoms with Crippen LogP contribution in [-0.4, -0.2) is 17.6 Å². The van der Waals surface area contributed by atoms with Crippen molar-refractivity contribution >= 4 is 5.91 Å². The summed E-state index contributed by atoms with van der Waals surface area (Å²) in [6.07, 6.45) is 20.3. The Balaban J connectivity index is 3.43. The molecule has 0 aromatic carbocycles. The Bertz CT molecular complexity index is 326. The lowest BCUT2D eigenvalue weighted by molar-refractivity contribution is -0.115. The van der Waals surface area contributed by atoms with Gasteiger partial charge in [0.15, 0.2) is 0 Å². The van der Waals surface area contributed by atoms with E-state index < -0.39 is 5.91 Å². The number of aliphatic hydroxyl groups excluding tert-OH is 1. The predicted molar refractivity (Wildman–Crippen MR) is 104 cm³/mol. The van der Waals surface area contributed by atoms with E-state index in [9.17, 15) is 4.79 Å². The average Bonchev–Trinajstić information content (AvgIpc) is 2.57. The summed E-state index contributed by atoms with van der Waals surface area (Å²) in [4.78, 5) is 11.3. The van der Waals surface area contributed by atoms with Crippen molar-refractivity contribution in [1.29, 1.82) is 0 Å². The Morgan fingerprint density at radius 2 is 1.29 bits per heavy atom. The van der Waals surface area contributed by atoms with Crippen LogP contribution in [0.25, 0.3) is 0 Å². The van der Waals surface area contributed by atoms with Crippen LogP contribution in [0.1, 0.15) is 104 Å². The first-order valence-electron chi connectivity index (χ1n) is 10.2. The molecule has 1 amide bonds. The molecule has 1 atom stereocenters. The Morgan fingerprint density at radius 1 is 0.875 bits per heavy atom. The Kier molecular flexibility index (Phi) is 16.4. The van der Waals surface area contributed by atoms with E-state index in [1.54, 1.807) is 0 Å². The zero-order valence-corrected chi connectivity index (χ0v) is 16.2. The summed E-state index contributed by atoms with van der Waals surface area (Å²) in [6.45, 7) is 4.08. The SMILES string of the molecule is CCCCCCCCCCCCCCCC=C(C(N)=O)[C@@H](C)CO. The van der Waals surface area contributed by atoms with Gasteiger partial charge in [-0.1, -0.05) is 97.0 Å². The van der Waals surface area contributed by atoms with Gasteiger partial charge in [-0.2, -0.15) is 0 Å². The Labute approximate surface area is 150 Å². The van der Waals surface area contributed by atoms with Gasteiger partial charge in [0.05, 0.1) is 0 Å². The number of aliphatic hydroxyl groups is 1. The van der Waals surface area contributed by atoms with E-state index in [0.29, 0.717) is 5.57 Å². The molecule has 0 spiro atoms. The molecule has 0 aliphatic carbocycles. The van der Waals surface area contributed by atoms with Crippen molar-refractivity contribution < 1.29 is 9.90 Å². The van der Waals surface area contributed by atoms with Gasteiger partial charge < -0.3 is 10.8 Å². The van der Waals surface area contributed by atoms with Gasteiger partial charge in [0.2, 0.25) is 5.91 Å². The van der Waals surface area contributed by atoms with Crippen molar-refractivity contribution in [2.75, 3.05) is 6.61 Å². The fraction of sp³-hybridized carbons (Fsp3) is 0.857. The predicted octanol–water partition coefficient (Wildman–Crippen LogP) is 5.51. The van der Waals surface area contributed by atoms with Crippen molar-refractivity contribution in [2.45, 2.75) is 104 Å². The van der Waals surface area contributed by atoms with Gasteiger partial charge in [0, 0.05) is 18.1 Å². The van der Waals surface area contributed by atoms with E-state index in [2.05, 4.69) is 6.92 Å². The Morgan fingerprint density at radius 3 is 1.67 bits per heavy atom. The molecular formula is C21H41NO2. The third kappa shape index (κ3) is 13.6. The van der Waals surface area contributed by atoms with Gasteiger partial charge in [-0.15, -0.1) is 0 Å². The number of hydrogen-bond donors (Lipinski definition) is 2. The van der Waals surface area contributed by atoms with Crippen LogP contribution in [-0.2, 0) is 4.79 Å². The maximum Gasteiger partial charge on any atom is 0.244 e. The molecule has 0 saturated carbocycles. The highest BCUT2D eigenvalue weighted by Gasteiger charge is 2.12. The smallest absolute Gasteiger partial charge is 0.244 e. The molecule has 0 heterocycles. The second-order valence-electron chi connectivity index (χ2n) is 7.14. The van der Waals surface area contributed by atoms with E-state index in [0.717, 1.165) is 12.8 Å². The number of unbranched alkanes of at least 4 members (excludes halogenated alkanes) is 13. The largest absolute Gasteiger partial charge is 0.396 e. The van der Waals surface area contributed by atoms with Gasteiger partial charge in [-0.3, -0.25) is 4.79 Å². The number of rotatable bonds is 17. The molecule has 142 valence electrons. The summed E-state index contributed by atoms with van der Waals surface area (Å²) >= 11 is 0. The average molecular weight is 340 g/mol. The number of amides is 1. The molecule has 0 rings (SSSR count). The quantitative estimate of drug-likeness (QED) is 0.271. The van der Waals surface area contributed by atoms with E-state index in [4.69, 9.17) is 10.8 Å². The fourth-order valence-electron chi connectivity index (χ4n) is 3.06. The maximum atomic E-state index is 11.3. The molecule has 0 aliphatic heterocycles. The first kappa shape index (κ1) is 23.2. The van der Waals surface area contributed by atoms with Crippen LogP contribution in [0.4, 0.5) is 0 Å². The summed E-state index contributed by atoms with van der Waals surface area (Å²) in [7, 11) is 0. The first-order chi connectivity index (χ1) is 11.6. The molecular weight excluding hydrogens is 298 g/mol. The third-order valence-electron chi connectivity index (χ3n) is 4.76. The number of hydrogen-bond acceptors (Lipinski definition) is 2. The second kappa shape index (κ2) is 17.0. The van der Waals surface area contributed by atoms with Crippen molar-refractivity contribution in [2.24, 2.45) is 11.7 Å². The van der Waals surface area contributed by atoms with Crippen molar-refractivity contribution in [1.82, 2.24) is 0 Å². The summed E-state index contributed by atoms with van der Waals surface area (Å²) in [5.41, 5.74) is 5.93. The summed E-state index contributed by atoms with van der Waals surface area (Å²) in [6, 6.07) is 0. The fourth-order valence-corrected chi connectivity index (χ4v) is 3.06. The third-order valence-corrected chi connectivity index (χ3v) is 4.76. The normalized spacial score (nSPS) is 13.2. The maximum absolute atomic E-state index is 11.3. The molecule has 0 aliphatic rings. The summed E-state index contributed by atoms with van der Waals surface area (Å²) in [5.74, 6) is -0.546. The minimum atomic E-state index is -0.397. The minimum absolute atomic E-state index is 0.0205. The van der Waals surface area contributed by atoms with E-state index in [-0.39, 0.29) is 12.5 Å². The van der Waals surface area contributed by atoms with Crippen LogP contribution in [0.15, 0.2) is 11.6 Å². The van der Waals surface area contributed by atoms with Gasteiger partial charge in [0.25, 0.3) is 0 Å². The lowest BCUT2D eigenvalue weighted by Crippen LogP contribution is -2.21. The van der Waals surface area contributed by atoms with Gasteiger partial charge in [0.1, 0.15) is 0 Å². The second-order valence-corrected chi connectivity index (χ2v) is 7.14. The number of carbonyl (C=O) groups is 1. The van der Waals surface area contributed by atoms with E-state index in [1.807, 2.05) is 13.0 Å². The molecule has 0 bridgehead atoms. The molecule has 0 radical (unpaired) electrons. The van der Waals surface area contributed by atoms with Crippen LogP contribution in [0, 0.1) is 5.92 Å². The molecule has 3 N–H and O–H groups in total. The molecule has 24 heavy (non-hydrogen) atoms. The van der Waals surface area contributed by atoms with Crippen LogP contribution in [0.2, 0.25) is 0 Å². The van der Waals surface area contributed by atoms with Crippen molar-refractivity contribution in [3.05, 3.63) is 11.6 Å². The van der Waals surface area contributed by atoms with Gasteiger partial charge >= 0.3 is 0 Å². The van der Waals surface area contributed by atoms with Crippen LogP contribution >= 0.6 is 0 Å². The monoisotopic (exact) mass is 339 g/mol. The number of primary amides is 1. The summed E-state index contributed by atoms with van der Waals surface area (Å²) in [5, 5.41) is 9.12. The van der Waals surface area contributed by atoms with Gasteiger partial charge in [-0.25, -0.2) is 0 Å². The van der Waals surface area contributed by atoms with Gasteiger partial charge in [-0.05, 0) is 12.8 Å².